The van der Waals surface area contributed by atoms with Crippen molar-refractivity contribution in [3.05, 3.63) is 24.3 Å². The fourth-order valence-corrected chi connectivity index (χ4v) is 1.32. The van der Waals surface area contributed by atoms with Gasteiger partial charge < -0.3 is 15.8 Å². The number of amides is 1. The van der Waals surface area contributed by atoms with E-state index in [0.29, 0.717) is 0 Å². The van der Waals surface area contributed by atoms with Gasteiger partial charge in [0.2, 0.25) is 5.91 Å². The average molecular weight is 206 g/mol. The van der Waals surface area contributed by atoms with Crippen LogP contribution in [-0.2, 0) is 4.79 Å². The van der Waals surface area contributed by atoms with Gasteiger partial charge in [-0.15, -0.1) is 0 Å². The van der Waals surface area contributed by atoms with Gasteiger partial charge in [0.05, 0.1) is 12.6 Å². The quantitative estimate of drug-likeness (QED) is 0.779. The second-order valence-electron chi connectivity index (χ2n) is 3.84. The third-order valence-corrected chi connectivity index (χ3v) is 2.57. The minimum absolute atomic E-state index is 0.115. The summed E-state index contributed by atoms with van der Waals surface area (Å²) in [4.78, 5) is 11.6. The van der Waals surface area contributed by atoms with Crippen LogP contribution >= 0.6 is 0 Å². The van der Waals surface area contributed by atoms with Crippen LogP contribution in [0.15, 0.2) is 24.3 Å². The topological polar surface area (TPSA) is 64.3 Å². The summed E-state index contributed by atoms with van der Waals surface area (Å²) in [5.74, 6) is 0.602. The molecule has 0 aromatic heterocycles. The van der Waals surface area contributed by atoms with Crippen molar-refractivity contribution in [3.63, 3.8) is 0 Å². The first-order valence-corrected chi connectivity index (χ1v) is 4.88. The van der Waals surface area contributed by atoms with E-state index in [1.165, 1.54) is 0 Å². The maximum absolute atomic E-state index is 11.6. The highest BCUT2D eigenvalue weighted by molar-refractivity contribution is 6.00. The molecule has 4 nitrogen and oxygen atoms in total. The summed E-state index contributed by atoms with van der Waals surface area (Å²) in [5, 5.41) is 2.78. The van der Waals surface area contributed by atoms with E-state index in [-0.39, 0.29) is 5.91 Å². The predicted octanol–water partition coefficient (Wildman–Crippen LogP) is 1.12. The first-order chi connectivity index (χ1) is 7.14. The van der Waals surface area contributed by atoms with Gasteiger partial charge in [-0.1, -0.05) is 6.07 Å². The van der Waals surface area contributed by atoms with Crippen molar-refractivity contribution in [1.82, 2.24) is 0 Å². The van der Waals surface area contributed by atoms with E-state index in [1.54, 1.807) is 13.2 Å². The Morgan fingerprint density at radius 2 is 2.27 bits per heavy atom. The van der Waals surface area contributed by atoms with Crippen molar-refractivity contribution < 1.29 is 9.53 Å². The second kappa shape index (κ2) is 3.55. The van der Waals surface area contributed by atoms with Gasteiger partial charge in [0, 0.05) is 11.8 Å². The molecule has 0 saturated heterocycles. The molecular weight excluding hydrogens is 192 g/mol. The molecule has 15 heavy (non-hydrogen) atoms. The van der Waals surface area contributed by atoms with Crippen LogP contribution in [-0.4, -0.2) is 18.6 Å². The van der Waals surface area contributed by atoms with Crippen LogP contribution in [0, 0.1) is 0 Å². The van der Waals surface area contributed by atoms with Crippen molar-refractivity contribution in [3.8, 4) is 5.75 Å². The van der Waals surface area contributed by atoms with Gasteiger partial charge in [-0.05, 0) is 25.0 Å². The molecule has 0 spiro atoms. The van der Waals surface area contributed by atoms with Crippen LogP contribution < -0.4 is 15.8 Å². The highest BCUT2D eigenvalue weighted by Gasteiger charge is 2.45. The molecule has 1 aromatic rings. The lowest BCUT2D eigenvalue weighted by Gasteiger charge is -2.10. The zero-order valence-electron chi connectivity index (χ0n) is 8.62. The van der Waals surface area contributed by atoms with Crippen LogP contribution in [0.1, 0.15) is 12.8 Å². The number of nitrogens with one attached hydrogen (secondary N) is 1. The molecule has 2 rings (SSSR count). The molecule has 0 unspecified atom stereocenters. The van der Waals surface area contributed by atoms with E-state index in [4.69, 9.17) is 10.5 Å². The molecule has 3 N–H and O–H groups in total. The minimum Gasteiger partial charge on any atom is -0.497 e. The van der Waals surface area contributed by atoms with Crippen molar-refractivity contribution in [2.45, 2.75) is 18.4 Å². The van der Waals surface area contributed by atoms with Crippen LogP contribution in [0.2, 0.25) is 0 Å². The number of ether oxygens (including phenoxy) is 1. The molecule has 0 aliphatic heterocycles. The number of hydrogen-bond donors (Lipinski definition) is 2. The normalized spacial score (nSPS) is 16.9. The molecule has 1 aliphatic rings. The number of carbonyl (C=O) groups excluding carboxylic acids is 1. The van der Waals surface area contributed by atoms with Gasteiger partial charge in [0.25, 0.3) is 0 Å². The van der Waals surface area contributed by atoms with Crippen molar-refractivity contribution >= 4 is 11.6 Å². The van der Waals surface area contributed by atoms with Gasteiger partial charge in [0.15, 0.2) is 0 Å². The van der Waals surface area contributed by atoms with Crippen LogP contribution in [0.4, 0.5) is 5.69 Å². The fourth-order valence-electron chi connectivity index (χ4n) is 1.32. The Hall–Kier alpha value is -1.55. The van der Waals surface area contributed by atoms with E-state index in [0.717, 1.165) is 24.3 Å². The summed E-state index contributed by atoms with van der Waals surface area (Å²) in [7, 11) is 1.59. The molecule has 80 valence electrons. The number of benzene rings is 1. The zero-order valence-corrected chi connectivity index (χ0v) is 8.62. The fraction of sp³-hybridized carbons (Fsp3) is 0.364. The lowest BCUT2D eigenvalue weighted by Crippen LogP contribution is -2.37. The van der Waals surface area contributed by atoms with Crippen molar-refractivity contribution in [2.75, 3.05) is 12.4 Å². The highest BCUT2D eigenvalue weighted by Crippen LogP contribution is 2.33. The van der Waals surface area contributed by atoms with E-state index >= 15 is 0 Å². The average Bonchev–Trinajstić information content (AvgIpc) is 2.98. The third-order valence-electron chi connectivity index (χ3n) is 2.57. The van der Waals surface area contributed by atoms with E-state index < -0.39 is 5.54 Å². The summed E-state index contributed by atoms with van der Waals surface area (Å²) in [6.07, 6.45) is 1.53. The number of methoxy groups -OCH3 is 1. The van der Waals surface area contributed by atoms with Gasteiger partial charge in [-0.2, -0.15) is 0 Å². The lowest BCUT2D eigenvalue weighted by atomic mass is 10.2. The molecule has 1 saturated carbocycles. The smallest absolute Gasteiger partial charge is 0.244 e. The molecule has 0 atom stereocenters. The predicted molar refractivity (Wildman–Crippen MR) is 57.8 cm³/mol. The molecule has 1 aliphatic carbocycles. The third kappa shape index (κ3) is 2.10. The van der Waals surface area contributed by atoms with Crippen LogP contribution in [0.25, 0.3) is 0 Å². The first-order valence-electron chi connectivity index (χ1n) is 4.88. The minimum atomic E-state index is -0.636. The summed E-state index contributed by atoms with van der Waals surface area (Å²) in [5.41, 5.74) is 5.85. The molecule has 4 heteroatoms. The van der Waals surface area contributed by atoms with Crippen LogP contribution in [0.3, 0.4) is 0 Å². The lowest BCUT2D eigenvalue weighted by molar-refractivity contribution is -0.118. The van der Waals surface area contributed by atoms with Gasteiger partial charge >= 0.3 is 0 Å². The maximum Gasteiger partial charge on any atom is 0.244 e. The molecule has 0 heterocycles. The number of nitrogens with two attached hydrogens (primary N) is 1. The highest BCUT2D eigenvalue weighted by atomic mass is 16.5. The molecular formula is C11H14N2O2. The molecule has 1 fully saturated rings. The summed E-state index contributed by atoms with van der Waals surface area (Å²) < 4.78 is 5.06. The Labute approximate surface area is 88.4 Å². The van der Waals surface area contributed by atoms with Crippen molar-refractivity contribution in [2.24, 2.45) is 5.73 Å². The Morgan fingerprint density at radius 3 is 2.87 bits per heavy atom. The van der Waals surface area contributed by atoms with Gasteiger partial charge in [0.1, 0.15) is 5.75 Å². The first kappa shape index (κ1) is 9.98. The number of anilines is 1. The van der Waals surface area contributed by atoms with E-state index in [1.807, 2.05) is 18.2 Å². The molecule has 1 amide bonds. The standard InChI is InChI=1S/C11H14N2O2/c1-15-9-4-2-3-8(7-9)13-10(14)11(12)5-6-11/h2-4,7H,5-6,12H2,1H3,(H,13,14). The molecule has 1 aromatic carbocycles. The SMILES string of the molecule is COc1cccc(NC(=O)C2(N)CC2)c1. The Balaban J connectivity index is 2.07. The molecule has 0 bridgehead atoms. The van der Waals surface area contributed by atoms with E-state index in [2.05, 4.69) is 5.32 Å². The number of hydrogen-bond acceptors (Lipinski definition) is 3. The Kier molecular flexibility index (Phi) is 2.36. The Morgan fingerprint density at radius 1 is 1.53 bits per heavy atom. The summed E-state index contributed by atoms with van der Waals surface area (Å²) >= 11 is 0. The largest absolute Gasteiger partial charge is 0.497 e. The zero-order chi connectivity index (χ0) is 10.9. The number of carbonyl (C=O) groups is 1. The Bertz CT molecular complexity index is 386. The second-order valence-corrected chi connectivity index (χ2v) is 3.84. The monoisotopic (exact) mass is 206 g/mol. The van der Waals surface area contributed by atoms with Gasteiger partial charge in [-0.25, -0.2) is 0 Å². The number of rotatable bonds is 3. The summed E-state index contributed by atoms with van der Waals surface area (Å²) in [6, 6.07) is 7.23. The maximum atomic E-state index is 11.6. The van der Waals surface area contributed by atoms with Gasteiger partial charge in [-0.3, -0.25) is 4.79 Å². The van der Waals surface area contributed by atoms with E-state index in [9.17, 15) is 4.79 Å². The van der Waals surface area contributed by atoms with Crippen LogP contribution in [0.5, 0.6) is 5.75 Å². The molecule has 0 radical (unpaired) electrons. The summed E-state index contributed by atoms with van der Waals surface area (Å²) in [6.45, 7) is 0. The van der Waals surface area contributed by atoms with Crippen molar-refractivity contribution in [1.29, 1.82) is 0 Å².